The molecule has 11 heavy (non-hydrogen) atoms. The quantitative estimate of drug-likeness (QED) is 0.515. The predicted octanol–water partition coefficient (Wildman–Crippen LogP) is 0.991. The second kappa shape index (κ2) is 3.50. The molecule has 3 nitrogen and oxygen atoms in total. The van der Waals surface area contributed by atoms with Crippen LogP contribution in [0.25, 0.3) is 0 Å². The van der Waals surface area contributed by atoms with Gasteiger partial charge in [-0.3, -0.25) is 0 Å². The molecule has 0 aliphatic rings. The van der Waals surface area contributed by atoms with E-state index in [2.05, 4.69) is 0 Å². The summed E-state index contributed by atoms with van der Waals surface area (Å²) < 4.78 is 18.9. The van der Waals surface area contributed by atoms with Crippen LogP contribution in [0.15, 0.2) is 24.3 Å². The monoisotopic (exact) mass is 171 g/mol. The number of benzene rings is 1. The van der Waals surface area contributed by atoms with E-state index >= 15 is 0 Å². The summed E-state index contributed by atoms with van der Waals surface area (Å²) in [6.45, 7) is 0. The smallest absolute Gasteiger partial charge is 0.157 e. The molecule has 0 bridgehead atoms. The molecule has 0 radical (unpaired) electrons. The molecule has 0 aliphatic heterocycles. The molecule has 0 saturated heterocycles. The molecular weight excluding hydrogens is 162 g/mol. The maximum absolute atomic E-state index is 10.4. The van der Waals surface area contributed by atoms with E-state index in [9.17, 15) is 4.21 Å². The van der Waals surface area contributed by atoms with Crippen LogP contribution in [0.2, 0.25) is 0 Å². The van der Waals surface area contributed by atoms with Gasteiger partial charge in [0.15, 0.2) is 11.1 Å². The molecule has 0 fully saturated rings. The largest absolute Gasteiger partial charge is 0.399 e. The minimum atomic E-state index is -1.78. The molecule has 1 rings (SSSR count). The first kappa shape index (κ1) is 8.23. The van der Waals surface area contributed by atoms with Gasteiger partial charge in [0, 0.05) is 5.69 Å². The van der Waals surface area contributed by atoms with Crippen LogP contribution in [0.1, 0.15) is 5.56 Å². The van der Waals surface area contributed by atoms with Gasteiger partial charge in [-0.25, -0.2) is 4.21 Å². The molecule has 0 saturated carbocycles. The van der Waals surface area contributed by atoms with Gasteiger partial charge in [-0.05, 0) is 17.7 Å². The molecule has 0 aromatic heterocycles. The van der Waals surface area contributed by atoms with Crippen molar-refractivity contribution in [2.75, 3.05) is 5.73 Å². The van der Waals surface area contributed by atoms with Gasteiger partial charge in [-0.2, -0.15) is 0 Å². The summed E-state index contributed by atoms with van der Waals surface area (Å²) in [5, 5.41) is 0. The number of nitrogen functional groups attached to an aromatic ring is 1. The first-order chi connectivity index (χ1) is 5.18. The predicted molar refractivity (Wildman–Crippen MR) is 45.3 cm³/mol. The number of anilines is 1. The second-order valence-electron chi connectivity index (χ2n) is 2.21. The minimum Gasteiger partial charge on any atom is -0.399 e. The maximum atomic E-state index is 10.4. The lowest BCUT2D eigenvalue weighted by molar-refractivity contribution is 0.563. The number of hydrogen-bond donors (Lipinski definition) is 2. The van der Waals surface area contributed by atoms with E-state index in [-0.39, 0.29) is 5.75 Å². The fourth-order valence-electron chi connectivity index (χ4n) is 0.825. The molecule has 1 unspecified atom stereocenters. The fraction of sp³-hybridized carbons (Fsp3) is 0.143. The van der Waals surface area contributed by atoms with E-state index < -0.39 is 11.1 Å². The SMILES string of the molecule is Nc1cccc(CS(=O)O)c1. The van der Waals surface area contributed by atoms with Gasteiger partial charge in [0.2, 0.25) is 0 Å². The van der Waals surface area contributed by atoms with Crippen molar-refractivity contribution in [2.24, 2.45) is 0 Å². The normalized spacial score (nSPS) is 12.8. The maximum Gasteiger partial charge on any atom is 0.157 e. The molecule has 0 spiro atoms. The Morgan fingerprint density at radius 2 is 2.27 bits per heavy atom. The Hall–Kier alpha value is -0.870. The van der Waals surface area contributed by atoms with E-state index in [1.165, 1.54) is 0 Å². The van der Waals surface area contributed by atoms with Crippen LogP contribution in [0.3, 0.4) is 0 Å². The number of nitrogens with two attached hydrogens (primary N) is 1. The van der Waals surface area contributed by atoms with Crippen molar-refractivity contribution in [2.45, 2.75) is 5.75 Å². The van der Waals surface area contributed by atoms with Crippen LogP contribution >= 0.6 is 0 Å². The van der Waals surface area contributed by atoms with Crippen LogP contribution in [0.5, 0.6) is 0 Å². The zero-order chi connectivity index (χ0) is 8.27. The Morgan fingerprint density at radius 1 is 1.55 bits per heavy atom. The van der Waals surface area contributed by atoms with Gasteiger partial charge < -0.3 is 10.3 Å². The average molecular weight is 171 g/mol. The third-order valence-electron chi connectivity index (χ3n) is 1.24. The van der Waals surface area contributed by atoms with Crippen LogP contribution in [0, 0.1) is 0 Å². The molecule has 0 amide bonds. The third-order valence-corrected chi connectivity index (χ3v) is 1.82. The molecule has 3 N–H and O–H groups in total. The lowest BCUT2D eigenvalue weighted by Gasteiger charge is -1.97. The zero-order valence-electron chi connectivity index (χ0n) is 5.86. The highest BCUT2D eigenvalue weighted by atomic mass is 32.2. The lowest BCUT2D eigenvalue weighted by atomic mass is 10.2. The molecule has 1 aromatic carbocycles. The van der Waals surface area contributed by atoms with E-state index in [1.54, 1.807) is 24.3 Å². The molecular formula is C7H9NO2S. The van der Waals surface area contributed by atoms with Gasteiger partial charge >= 0.3 is 0 Å². The Kier molecular flexibility index (Phi) is 2.62. The topological polar surface area (TPSA) is 63.3 Å². The molecule has 60 valence electrons. The van der Waals surface area contributed by atoms with Crippen LogP contribution in [-0.2, 0) is 16.8 Å². The van der Waals surface area contributed by atoms with Crippen molar-refractivity contribution >= 4 is 16.8 Å². The average Bonchev–Trinajstić information content (AvgIpc) is 1.85. The summed E-state index contributed by atoms with van der Waals surface area (Å²) in [5.74, 6) is 0.144. The molecule has 1 atom stereocenters. The highest BCUT2D eigenvalue weighted by Gasteiger charge is 1.96. The summed E-state index contributed by atoms with van der Waals surface area (Å²) in [5.41, 5.74) is 6.86. The standard InChI is InChI=1S/C7H9NO2S/c8-7-3-1-2-6(4-7)5-11(9)10/h1-4H,5,8H2,(H,9,10). The lowest BCUT2D eigenvalue weighted by Crippen LogP contribution is -1.93. The summed E-state index contributed by atoms with van der Waals surface area (Å²) in [7, 11) is 0. The van der Waals surface area contributed by atoms with Gasteiger partial charge in [-0.15, -0.1) is 0 Å². The van der Waals surface area contributed by atoms with Crippen molar-refractivity contribution in [3.05, 3.63) is 29.8 Å². The Balaban J connectivity index is 2.79. The van der Waals surface area contributed by atoms with E-state index in [1.807, 2.05) is 0 Å². The van der Waals surface area contributed by atoms with Crippen LogP contribution in [-0.4, -0.2) is 8.76 Å². The highest BCUT2D eigenvalue weighted by molar-refractivity contribution is 7.78. The molecule has 1 aromatic rings. The highest BCUT2D eigenvalue weighted by Crippen LogP contribution is 2.07. The van der Waals surface area contributed by atoms with Gasteiger partial charge in [0.1, 0.15) is 0 Å². The second-order valence-corrected chi connectivity index (χ2v) is 3.14. The minimum absolute atomic E-state index is 0.144. The van der Waals surface area contributed by atoms with Gasteiger partial charge in [0.25, 0.3) is 0 Å². The summed E-state index contributed by atoms with van der Waals surface area (Å²) in [6, 6.07) is 6.96. The van der Waals surface area contributed by atoms with E-state index in [0.717, 1.165) is 5.56 Å². The molecule has 0 aliphatic carbocycles. The van der Waals surface area contributed by atoms with Crippen molar-refractivity contribution in [1.29, 1.82) is 0 Å². The van der Waals surface area contributed by atoms with Crippen molar-refractivity contribution in [3.8, 4) is 0 Å². The third kappa shape index (κ3) is 2.69. The molecule has 0 heterocycles. The summed E-state index contributed by atoms with van der Waals surface area (Å²) in [4.78, 5) is 0. The van der Waals surface area contributed by atoms with Crippen molar-refractivity contribution < 1.29 is 8.76 Å². The van der Waals surface area contributed by atoms with E-state index in [0.29, 0.717) is 5.69 Å². The van der Waals surface area contributed by atoms with Crippen LogP contribution < -0.4 is 5.73 Å². The zero-order valence-corrected chi connectivity index (χ0v) is 6.67. The van der Waals surface area contributed by atoms with Gasteiger partial charge in [0.05, 0.1) is 5.75 Å². The Morgan fingerprint density at radius 3 is 2.82 bits per heavy atom. The fourth-order valence-corrected chi connectivity index (χ4v) is 1.29. The van der Waals surface area contributed by atoms with Crippen molar-refractivity contribution in [3.63, 3.8) is 0 Å². The number of hydrogen-bond acceptors (Lipinski definition) is 2. The van der Waals surface area contributed by atoms with Gasteiger partial charge in [-0.1, -0.05) is 12.1 Å². The Labute approximate surface area is 67.5 Å². The van der Waals surface area contributed by atoms with E-state index in [4.69, 9.17) is 10.3 Å². The number of rotatable bonds is 2. The van der Waals surface area contributed by atoms with Crippen molar-refractivity contribution in [1.82, 2.24) is 0 Å². The first-order valence-corrected chi connectivity index (χ1v) is 4.38. The first-order valence-electron chi connectivity index (χ1n) is 3.10. The summed E-state index contributed by atoms with van der Waals surface area (Å²) >= 11 is -1.78. The summed E-state index contributed by atoms with van der Waals surface area (Å²) in [6.07, 6.45) is 0. The molecule has 4 heteroatoms. The Bertz CT molecular complexity index is 275. The van der Waals surface area contributed by atoms with Crippen LogP contribution in [0.4, 0.5) is 5.69 Å².